The van der Waals surface area contributed by atoms with Crippen LogP contribution in [0.15, 0.2) is 42.6 Å². The van der Waals surface area contributed by atoms with Gasteiger partial charge in [0.2, 0.25) is 5.88 Å². The quantitative estimate of drug-likeness (QED) is 0.575. The van der Waals surface area contributed by atoms with Crippen LogP contribution in [-0.4, -0.2) is 64.9 Å². The summed E-state index contributed by atoms with van der Waals surface area (Å²) in [4.78, 5) is 55.1. The number of hydrogen-bond acceptors (Lipinski definition) is 7. The van der Waals surface area contributed by atoms with Crippen LogP contribution in [0.2, 0.25) is 0 Å². The second-order valence-electron chi connectivity index (χ2n) is 6.20. The summed E-state index contributed by atoms with van der Waals surface area (Å²) in [6.07, 6.45) is 1.68. The van der Waals surface area contributed by atoms with Crippen molar-refractivity contribution in [3.05, 3.63) is 48.2 Å². The first-order valence-electron chi connectivity index (χ1n) is 8.67. The summed E-state index contributed by atoms with van der Waals surface area (Å²) in [5, 5.41) is 21.1. The van der Waals surface area contributed by atoms with Gasteiger partial charge in [-0.05, 0) is 18.2 Å². The molecule has 2 heterocycles. The maximum atomic E-state index is 13.1. The smallest absolute Gasteiger partial charge is 0.253 e. The molecular weight excluding hydrogens is 380 g/mol. The van der Waals surface area contributed by atoms with Crippen molar-refractivity contribution in [1.29, 1.82) is 0 Å². The van der Waals surface area contributed by atoms with E-state index in [1.165, 1.54) is 21.9 Å². The normalized spacial score (nSPS) is 16.0. The Balaban J connectivity index is 1.98. The van der Waals surface area contributed by atoms with Gasteiger partial charge in [0.15, 0.2) is 0 Å². The molecule has 1 atom stereocenters. The van der Waals surface area contributed by atoms with Crippen LogP contribution in [0.25, 0.3) is 0 Å². The standard InChI is InChI=1S/C19H18N4O6/c24-8-7-22-14-3-1-2-4-15(14)23(17(27)11-25)10-13(19(22)29)21-18(28)12-5-6-16(26)20-9-12/h1-6,8-9,13,25H,7,10-11H2,(H,20,26)(H,21,28)/t13-/m0/s1. The van der Waals surface area contributed by atoms with Gasteiger partial charge >= 0.3 is 0 Å². The monoisotopic (exact) mass is 398 g/mol. The first-order valence-corrected chi connectivity index (χ1v) is 8.67. The van der Waals surface area contributed by atoms with Crippen LogP contribution in [0.4, 0.5) is 11.4 Å². The Kier molecular flexibility index (Phi) is 5.84. The molecule has 3 rings (SSSR count). The van der Waals surface area contributed by atoms with Crippen LogP contribution in [0.3, 0.4) is 0 Å². The summed E-state index contributed by atoms with van der Waals surface area (Å²) < 4.78 is 0. The summed E-state index contributed by atoms with van der Waals surface area (Å²) in [6, 6.07) is 7.82. The topological polar surface area (TPSA) is 140 Å². The predicted molar refractivity (Wildman–Crippen MR) is 101 cm³/mol. The number of hydrogen-bond donors (Lipinski definition) is 3. The number of carbonyl (C=O) groups is 4. The molecule has 1 aliphatic rings. The van der Waals surface area contributed by atoms with Crippen molar-refractivity contribution in [3.8, 4) is 5.88 Å². The number of fused-ring (bicyclic) bond motifs is 1. The number of aromatic nitrogens is 1. The number of pyridine rings is 1. The molecule has 0 radical (unpaired) electrons. The fourth-order valence-electron chi connectivity index (χ4n) is 3.04. The second-order valence-corrected chi connectivity index (χ2v) is 6.20. The number of rotatable bonds is 5. The van der Waals surface area contributed by atoms with Gasteiger partial charge in [0.25, 0.3) is 17.7 Å². The number of aliphatic hydroxyl groups excluding tert-OH is 1. The van der Waals surface area contributed by atoms with E-state index < -0.39 is 30.4 Å². The number of nitrogens with one attached hydrogen (secondary N) is 1. The summed E-state index contributed by atoms with van der Waals surface area (Å²) in [5.74, 6) is -2.16. The minimum absolute atomic E-state index is 0.0966. The third kappa shape index (κ3) is 4.06. The lowest BCUT2D eigenvalue weighted by Crippen LogP contribution is -2.53. The van der Waals surface area contributed by atoms with E-state index in [9.17, 15) is 29.4 Å². The Hall–Kier alpha value is -3.79. The van der Waals surface area contributed by atoms with E-state index in [-0.39, 0.29) is 24.5 Å². The van der Waals surface area contributed by atoms with Crippen LogP contribution in [0.1, 0.15) is 10.4 Å². The molecule has 1 aromatic carbocycles. The summed E-state index contributed by atoms with van der Waals surface area (Å²) in [7, 11) is 0. The third-order valence-corrected chi connectivity index (χ3v) is 4.40. The largest absolute Gasteiger partial charge is 0.493 e. The van der Waals surface area contributed by atoms with Crippen molar-refractivity contribution in [1.82, 2.24) is 10.3 Å². The van der Waals surface area contributed by atoms with Gasteiger partial charge in [0, 0.05) is 12.3 Å². The molecule has 0 aliphatic carbocycles. The Labute approximate surface area is 165 Å². The molecule has 0 saturated heterocycles. The molecule has 10 heteroatoms. The van der Waals surface area contributed by atoms with Gasteiger partial charge in [-0.15, -0.1) is 0 Å². The van der Waals surface area contributed by atoms with E-state index in [1.807, 2.05) is 0 Å². The van der Waals surface area contributed by atoms with Gasteiger partial charge in [-0.1, -0.05) is 12.1 Å². The van der Waals surface area contributed by atoms with E-state index in [2.05, 4.69) is 10.3 Å². The van der Waals surface area contributed by atoms with Crippen molar-refractivity contribution in [3.63, 3.8) is 0 Å². The highest BCUT2D eigenvalue weighted by molar-refractivity contribution is 6.10. The van der Waals surface area contributed by atoms with Gasteiger partial charge in [0.05, 0.1) is 30.0 Å². The Morgan fingerprint density at radius 2 is 1.93 bits per heavy atom. The summed E-state index contributed by atoms with van der Waals surface area (Å²) in [5.41, 5.74) is 0.749. The van der Waals surface area contributed by atoms with Crippen molar-refractivity contribution < 1.29 is 29.4 Å². The zero-order chi connectivity index (χ0) is 21.0. The lowest BCUT2D eigenvalue weighted by molar-refractivity contribution is -0.122. The highest BCUT2D eigenvalue weighted by atomic mass is 16.3. The zero-order valence-electron chi connectivity index (χ0n) is 15.2. The molecule has 0 fully saturated rings. The van der Waals surface area contributed by atoms with Crippen molar-refractivity contribution in [2.75, 3.05) is 29.5 Å². The molecule has 1 aromatic heterocycles. The molecule has 150 valence electrons. The number of aromatic hydroxyl groups is 1. The number of anilines is 2. The average molecular weight is 398 g/mol. The van der Waals surface area contributed by atoms with Gasteiger partial charge in [-0.3, -0.25) is 14.4 Å². The molecule has 0 bridgehead atoms. The van der Waals surface area contributed by atoms with Crippen molar-refractivity contribution >= 4 is 35.4 Å². The number of benzene rings is 1. The molecule has 29 heavy (non-hydrogen) atoms. The molecule has 0 saturated carbocycles. The van der Waals surface area contributed by atoms with Gasteiger partial charge < -0.3 is 30.1 Å². The van der Waals surface area contributed by atoms with Crippen LogP contribution >= 0.6 is 0 Å². The molecule has 3 amide bonds. The van der Waals surface area contributed by atoms with Gasteiger partial charge in [0.1, 0.15) is 18.9 Å². The molecular formula is C19H18N4O6. The second kappa shape index (κ2) is 8.48. The highest BCUT2D eigenvalue weighted by Crippen LogP contribution is 2.32. The van der Waals surface area contributed by atoms with E-state index in [0.29, 0.717) is 17.7 Å². The maximum absolute atomic E-state index is 13.1. The molecule has 3 N–H and O–H groups in total. The zero-order valence-corrected chi connectivity index (χ0v) is 15.2. The minimum atomic E-state index is -1.18. The van der Waals surface area contributed by atoms with Crippen LogP contribution in [0, 0.1) is 0 Å². The van der Waals surface area contributed by atoms with Gasteiger partial charge in [-0.2, -0.15) is 0 Å². The van der Waals surface area contributed by atoms with Crippen LogP contribution in [0.5, 0.6) is 5.88 Å². The number of carbonyl (C=O) groups excluding carboxylic acids is 4. The molecule has 0 spiro atoms. The van der Waals surface area contributed by atoms with E-state index >= 15 is 0 Å². The Morgan fingerprint density at radius 3 is 2.55 bits per heavy atom. The minimum Gasteiger partial charge on any atom is -0.493 e. The first-order chi connectivity index (χ1) is 14.0. The number of nitrogens with zero attached hydrogens (tertiary/aromatic N) is 3. The SMILES string of the molecule is O=CCN1C(=O)[C@@H](NC(=O)c2ccc(O)nc2)CN(C(=O)CO)c2ccccc21. The molecule has 10 nitrogen and oxygen atoms in total. The predicted octanol–water partition coefficient (Wildman–Crippen LogP) is -0.543. The Morgan fingerprint density at radius 1 is 1.21 bits per heavy atom. The summed E-state index contributed by atoms with van der Waals surface area (Å²) in [6.45, 7) is -1.30. The molecule has 0 unspecified atom stereocenters. The molecule has 2 aromatic rings. The fraction of sp³-hybridized carbons (Fsp3) is 0.211. The van der Waals surface area contributed by atoms with Crippen LogP contribution in [-0.2, 0) is 14.4 Å². The maximum Gasteiger partial charge on any atom is 0.253 e. The van der Waals surface area contributed by atoms with Crippen molar-refractivity contribution in [2.24, 2.45) is 0 Å². The fourth-order valence-corrected chi connectivity index (χ4v) is 3.04. The van der Waals surface area contributed by atoms with E-state index in [0.717, 1.165) is 6.20 Å². The lowest BCUT2D eigenvalue weighted by atomic mass is 10.2. The highest BCUT2D eigenvalue weighted by Gasteiger charge is 2.36. The third-order valence-electron chi connectivity index (χ3n) is 4.40. The lowest BCUT2D eigenvalue weighted by Gasteiger charge is -2.24. The number of aliphatic hydroxyl groups is 1. The van der Waals surface area contributed by atoms with Crippen LogP contribution < -0.4 is 15.1 Å². The van der Waals surface area contributed by atoms with E-state index in [1.54, 1.807) is 24.3 Å². The average Bonchev–Trinajstić information content (AvgIpc) is 2.84. The number of para-hydroxylation sites is 2. The van der Waals surface area contributed by atoms with E-state index in [4.69, 9.17) is 0 Å². The Bertz CT molecular complexity index is 946. The number of amides is 3. The molecule has 1 aliphatic heterocycles. The summed E-state index contributed by atoms with van der Waals surface area (Å²) >= 11 is 0. The van der Waals surface area contributed by atoms with Crippen molar-refractivity contribution in [2.45, 2.75) is 6.04 Å². The van der Waals surface area contributed by atoms with Gasteiger partial charge in [-0.25, -0.2) is 4.98 Å². The first kappa shape index (κ1) is 20.0. The number of aldehydes is 1.